The van der Waals surface area contributed by atoms with Crippen molar-refractivity contribution in [2.24, 2.45) is 0 Å². The molecule has 0 aliphatic heterocycles. The predicted molar refractivity (Wildman–Crippen MR) is 84.3 cm³/mol. The molecule has 2 aromatic rings. The first kappa shape index (κ1) is 17.7. The van der Waals surface area contributed by atoms with E-state index in [1.807, 2.05) is 0 Å². The molecule has 0 saturated heterocycles. The summed E-state index contributed by atoms with van der Waals surface area (Å²) in [6.07, 6.45) is -1.76. The highest BCUT2D eigenvalue weighted by Gasteiger charge is 2.33. The number of rotatable bonds is 5. The van der Waals surface area contributed by atoms with Gasteiger partial charge in [-0.2, -0.15) is 13.2 Å². The molecular formula is C15H12ClF3N4O. The van der Waals surface area contributed by atoms with Gasteiger partial charge in [-0.3, -0.25) is 4.79 Å². The van der Waals surface area contributed by atoms with Crippen molar-refractivity contribution < 1.29 is 18.0 Å². The van der Waals surface area contributed by atoms with Crippen molar-refractivity contribution in [3.05, 3.63) is 59.4 Å². The summed E-state index contributed by atoms with van der Waals surface area (Å²) >= 11 is 5.56. The van der Waals surface area contributed by atoms with Gasteiger partial charge in [0, 0.05) is 18.4 Å². The van der Waals surface area contributed by atoms with Crippen LogP contribution in [0.4, 0.5) is 24.8 Å². The van der Waals surface area contributed by atoms with Crippen LogP contribution >= 0.6 is 11.6 Å². The van der Waals surface area contributed by atoms with Crippen molar-refractivity contribution in [3.63, 3.8) is 0 Å². The Hall–Kier alpha value is -2.61. The van der Waals surface area contributed by atoms with Crippen molar-refractivity contribution in [1.29, 1.82) is 0 Å². The highest BCUT2D eigenvalue weighted by atomic mass is 35.5. The second-order valence-corrected chi connectivity index (χ2v) is 4.99. The van der Waals surface area contributed by atoms with Crippen LogP contribution < -0.4 is 10.6 Å². The smallest absolute Gasteiger partial charge is 0.347 e. The molecule has 1 heterocycles. The molecule has 1 amide bonds. The third-order valence-corrected chi connectivity index (χ3v) is 3.15. The second-order valence-electron chi connectivity index (χ2n) is 4.58. The molecule has 5 nitrogen and oxygen atoms in total. The predicted octanol–water partition coefficient (Wildman–Crippen LogP) is 3.81. The summed E-state index contributed by atoms with van der Waals surface area (Å²) in [6.45, 7) is 3.73. The average Bonchev–Trinajstić information content (AvgIpc) is 2.53. The Morgan fingerprint density at radius 3 is 2.75 bits per heavy atom. The van der Waals surface area contributed by atoms with E-state index in [1.54, 1.807) is 0 Å². The van der Waals surface area contributed by atoms with Crippen LogP contribution in [-0.4, -0.2) is 22.4 Å². The third-order valence-electron chi connectivity index (χ3n) is 2.82. The van der Waals surface area contributed by atoms with E-state index in [4.69, 9.17) is 11.6 Å². The van der Waals surface area contributed by atoms with E-state index in [-0.39, 0.29) is 23.9 Å². The van der Waals surface area contributed by atoms with Gasteiger partial charge in [0.25, 0.3) is 5.91 Å². The summed E-state index contributed by atoms with van der Waals surface area (Å²) in [5.74, 6) is -0.468. The zero-order valence-electron chi connectivity index (χ0n) is 12.2. The molecule has 0 spiro atoms. The fraction of sp³-hybridized carbons (Fsp3) is 0.133. The monoisotopic (exact) mass is 356 g/mol. The van der Waals surface area contributed by atoms with Crippen LogP contribution in [0.5, 0.6) is 0 Å². The van der Waals surface area contributed by atoms with E-state index in [1.165, 1.54) is 24.4 Å². The maximum atomic E-state index is 12.9. The minimum Gasteiger partial charge on any atom is -0.347 e. The first-order chi connectivity index (χ1) is 11.3. The van der Waals surface area contributed by atoms with E-state index < -0.39 is 22.7 Å². The number of carbonyl (C=O) groups excluding carboxylic acids is 1. The van der Waals surface area contributed by atoms with Gasteiger partial charge in [-0.05, 0) is 24.3 Å². The van der Waals surface area contributed by atoms with Crippen LogP contribution in [0, 0.1) is 0 Å². The highest BCUT2D eigenvalue weighted by Crippen LogP contribution is 2.36. The lowest BCUT2D eigenvalue weighted by Crippen LogP contribution is -2.24. The lowest BCUT2D eigenvalue weighted by molar-refractivity contribution is -0.137. The molecular weight excluding hydrogens is 345 g/mol. The van der Waals surface area contributed by atoms with Crippen molar-refractivity contribution in [3.8, 4) is 0 Å². The minimum absolute atomic E-state index is 0.0169. The fourth-order valence-electron chi connectivity index (χ4n) is 1.75. The van der Waals surface area contributed by atoms with Crippen molar-refractivity contribution in [1.82, 2.24) is 15.3 Å². The largest absolute Gasteiger partial charge is 0.417 e. The number of nitrogens with zero attached hydrogens (tertiary/aromatic N) is 2. The van der Waals surface area contributed by atoms with Gasteiger partial charge in [-0.15, -0.1) is 6.58 Å². The van der Waals surface area contributed by atoms with E-state index in [0.717, 1.165) is 12.1 Å². The van der Waals surface area contributed by atoms with Crippen LogP contribution in [0.2, 0.25) is 5.02 Å². The van der Waals surface area contributed by atoms with Gasteiger partial charge >= 0.3 is 6.18 Å². The molecule has 0 atom stereocenters. The topological polar surface area (TPSA) is 66.9 Å². The molecule has 0 fully saturated rings. The fourth-order valence-corrected chi connectivity index (χ4v) is 1.97. The normalized spacial score (nSPS) is 11.0. The number of alkyl halides is 3. The molecule has 0 radical (unpaired) electrons. The highest BCUT2D eigenvalue weighted by molar-refractivity contribution is 6.31. The maximum absolute atomic E-state index is 12.9. The van der Waals surface area contributed by atoms with Crippen molar-refractivity contribution in [2.75, 3.05) is 11.9 Å². The van der Waals surface area contributed by atoms with Gasteiger partial charge in [0.1, 0.15) is 5.69 Å². The molecule has 0 unspecified atom stereocenters. The number of halogens is 4. The third kappa shape index (κ3) is 4.45. The summed E-state index contributed by atoms with van der Waals surface area (Å²) in [5, 5.41) is 4.74. The Morgan fingerprint density at radius 1 is 1.33 bits per heavy atom. The minimum atomic E-state index is -4.58. The van der Waals surface area contributed by atoms with E-state index >= 15 is 0 Å². The molecule has 2 rings (SSSR count). The maximum Gasteiger partial charge on any atom is 0.417 e. The first-order valence-corrected chi connectivity index (χ1v) is 7.05. The average molecular weight is 357 g/mol. The van der Waals surface area contributed by atoms with Crippen LogP contribution in [0.15, 0.2) is 43.1 Å². The number of aromatic nitrogens is 2. The van der Waals surface area contributed by atoms with Gasteiger partial charge < -0.3 is 10.6 Å². The van der Waals surface area contributed by atoms with Gasteiger partial charge in [-0.1, -0.05) is 17.7 Å². The number of carbonyl (C=O) groups is 1. The van der Waals surface area contributed by atoms with Crippen molar-refractivity contribution >= 4 is 29.1 Å². The summed E-state index contributed by atoms with van der Waals surface area (Å²) in [6, 6.07) is 4.70. The van der Waals surface area contributed by atoms with Gasteiger partial charge in [0.2, 0.25) is 5.95 Å². The van der Waals surface area contributed by atoms with Crippen LogP contribution in [0.1, 0.15) is 16.1 Å². The lowest BCUT2D eigenvalue weighted by Gasteiger charge is -2.12. The van der Waals surface area contributed by atoms with Crippen LogP contribution in [0.25, 0.3) is 0 Å². The Bertz CT molecular complexity index is 765. The first-order valence-electron chi connectivity index (χ1n) is 6.67. The molecule has 2 N–H and O–H groups in total. The van der Waals surface area contributed by atoms with Gasteiger partial charge in [0.15, 0.2) is 0 Å². The van der Waals surface area contributed by atoms with Crippen LogP contribution in [-0.2, 0) is 6.18 Å². The molecule has 9 heteroatoms. The molecule has 0 aliphatic rings. The molecule has 1 aromatic carbocycles. The Balaban J connectivity index is 2.23. The summed E-state index contributed by atoms with van der Waals surface area (Å²) < 4.78 is 38.6. The number of hydrogen-bond acceptors (Lipinski definition) is 4. The van der Waals surface area contributed by atoms with Gasteiger partial charge in [0.05, 0.1) is 10.6 Å². The van der Waals surface area contributed by atoms with Gasteiger partial charge in [-0.25, -0.2) is 9.97 Å². The second kappa shape index (κ2) is 7.31. The Labute approximate surface area is 140 Å². The van der Waals surface area contributed by atoms with E-state index in [9.17, 15) is 18.0 Å². The number of anilines is 2. The summed E-state index contributed by atoms with van der Waals surface area (Å²) in [7, 11) is 0. The molecule has 1 aromatic heterocycles. The molecule has 126 valence electrons. The molecule has 0 aliphatic carbocycles. The quantitative estimate of drug-likeness (QED) is 0.799. The zero-order valence-corrected chi connectivity index (χ0v) is 12.9. The summed E-state index contributed by atoms with van der Waals surface area (Å²) in [5.41, 5.74) is -0.816. The van der Waals surface area contributed by atoms with E-state index in [0.29, 0.717) is 0 Å². The van der Waals surface area contributed by atoms with E-state index in [2.05, 4.69) is 27.2 Å². The number of hydrogen-bond donors (Lipinski definition) is 2. The number of amides is 1. The molecule has 24 heavy (non-hydrogen) atoms. The Kier molecular flexibility index (Phi) is 5.40. The standard InChI is InChI=1S/C15H12ClF3N4O/c1-2-6-20-13(24)12-5-7-21-14(23-12)22-9-3-4-11(16)10(8-9)15(17,18)19/h2-5,7-8H,1,6H2,(H,20,24)(H,21,22,23). The Morgan fingerprint density at radius 2 is 2.08 bits per heavy atom. The summed E-state index contributed by atoms with van der Waals surface area (Å²) in [4.78, 5) is 19.6. The molecule has 0 saturated carbocycles. The zero-order chi connectivity index (χ0) is 17.7. The van der Waals surface area contributed by atoms with Crippen molar-refractivity contribution in [2.45, 2.75) is 6.18 Å². The SMILES string of the molecule is C=CCNC(=O)c1ccnc(Nc2ccc(Cl)c(C(F)(F)F)c2)n1. The molecule has 0 bridgehead atoms. The number of benzene rings is 1. The van der Waals surface area contributed by atoms with Crippen LogP contribution in [0.3, 0.4) is 0 Å². The number of nitrogens with one attached hydrogen (secondary N) is 2. The lowest BCUT2D eigenvalue weighted by atomic mass is 10.2.